The summed E-state index contributed by atoms with van der Waals surface area (Å²) in [5.41, 5.74) is 0.811. The molecule has 1 atom stereocenters. The first-order valence-electron chi connectivity index (χ1n) is 5.79. The topological polar surface area (TPSA) is 46.2 Å². The fourth-order valence-electron chi connectivity index (χ4n) is 2.30. The molecule has 100 valence electrons. The van der Waals surface area contributed by atoms with Gasteiger partial charge in [-0.2, -0.15) is 0 Å². The van der Waals surface area contributed by atoms with Gasteiger partial charge in [0.05, 0.1) is 0 Å². The average molecular weight is 336 g/mol. The Morgan fingerprint density at radius 2 is 2.22 bits per heavy atom. The molecule has 1 fully saturated rings. The van der Waals surface area contributed by atoms with Gasteiger partial charge in [0.25, 0.3) is 0 Å². The standard InChI is InChI=1S/C12H15BrFNO2S/c1-18(16,17)12-10(13)6-8(7-11(12)14)5-9-3-2-4-15-9/h6-7,9,15H,2-5H2,1H3. The largest absolute Gasteiger partial charge is 0.314 e. The van der Waals surface area contributed by atoms with E-state index in [0.29, 0.717) is 10.5 Å². The molecule has 18 heavy (non-hydrogen) atoms. The van der Waals surface area contributed by atoms with Crippen LogP contribution in [0.4, 0.5) is 4.39 Å². The van der Waals surface area contributed by atoms with Gasteiger partial charge in [-0.3, -0.25) is 0 Å². The van der Waals surface area contributed by atoms with Crippen molar-refractivity contribution in [2.45, 2.75) is 30.2 Å². The van der Waals surface area contributed by atoms with Crippen molar-refractivity contribution in [2.24, 2.45) is 0 Å². The molecule has 0 bridgehead atoms. The van der Waals surface area contributed by atoms with E-state index in [4.69, 9.17) is 0 Å². The van der Waals surface area contributed by atoms with Crippen LogP contribution in [0.3, 0.4) is 0 Å². The second-order valence-corrected chi connectivity index (χ2v) is 7.47. The number of nitrogens with one attached hydrogen (secondary N) is 1. The summed E-state index contributed by atoms with van der Waals surface area (Å²) < 4.78 is 37.1. The lowest BCUT2D eigenvalue weighted by atomic mass is 10.0. The van der Waals surface area contributed by atoms with Crippen molar-refractivity contribution in [1.29, 1.82) is 0 Å². The van der Waals surface area contributed by atoms with E-state index in [1.54, 1.807) is 6.07 Å². The normalized spacial score (nSPS) is 20.3. The monoisotopic (exact) mass is 335 g/mol. The van der Waals surface area contributed by atoms with E-state index in [0.717, 1.165) is 37.6 Å². The van der Waals surface area contributed by atoms with Crippen LogP contribution in [0.1, 0.15) is 18.4 Å². The van der Waals surface area contributed by atoms with Crippen molar-refractivity contribution in [3.63, 3.8) is 0 Å². The molecule has 0 aliphatic carbocycles. The third kappa shape index (κ3) is 3.10. The fourth-order valence-corrected chi connectivity index (χ4v) is 4.49. The predicted octanol–water partition coefficient (Wildman–Crippen LogP) is 2.29. The summed E-state index contributed by atoms with van der Waals surface area (Å²) in [5, 5.41) is 3.33. The fraction of sp³-hybridized carbons (Fsp3) is 0.500. The van der Waals surface area contributed by atoms with Crippen LogP contribution in [-0.4, -0.2) is 27.3 Å². The highest BCUT2D eigenvalue weighted by atomic mass is 79.9. The van der Waals surface area contributed by atoms with E-state index in [2.05, 4.69) is 21.2 Å². The van der Waals surface area contributed by atoms with Gasteiger partial charge in [-0.1, -0.05) is 0 Å². The highest BCUT2D eigenvalue weighted by Crippen LogP contribution is 2.27. The van der Waals surface area contributed by atoms with Gasteiger partial charge in [0, 0.05) is 16.8 Å². The highest BCUT2D eigenvalue weighted by Gasteiger charge is 2.21. The van der Waals surface area contributed by atoms with E-state index in [-0.39, 0.29) is 4.90 Å². The van der Waals surface area contributed by atoms with Crippen molar-refractivity contribution in [3.05, 3.63) is 28.0 Å². The molecule has 0 amide bonds. The number of halogens is 2. The molecule has 3 nitrogen and oxygen atoms in total. The second-order valence-electron chi connectivity index (χ2n) is 4.66. The van der Waals surface area contributed by atoms with Crippen LogP contribution in [0.2, 0.25) is 0 Å². The van der Waals surface area contributed by atoms with Gasteiger partial charge in [0.1, 0.15) is 10.7 Å². The highest BCUT2D eigenvalue weighted by molar-refractivity contribution is 9.10. The van der Waals surface area contributed by atoms with Gasteiger partial charge >= 0.3 is 0 Å². The summed E-state index contributed by atoms with van der Waals surface area (Å²) in [5.74, 6) is -0.681. The number of hydrogen-bond acceptors (Lipinski definition) is 3. The maximum atomic E-state index is 13.9. The summed E-state index contributed by atoms with van der Waals surface area (Å²) in [7, 11) is -3.55. The van der Waals surface area contributed by atoms with Crippen molar-refractivity contribution in [3.8, 4) is 0 Å². The summed E-state index contributed by atoms with van der Waals surface area (Å²) >= 11 is 3.14. The average Bonchev–Trinajstić information content (AvgIpc) is 2.66. The second kappa shape index (κ2) is 5.27. The van der Waals surface area contributed by atoms with Crippen LogP contribution in [0.5, 0.6) is 0 Å². The van der Waals surface area contributed by atoms with Crippen molar-refractivity contribution < 1.29 is 12.8 Å². The third-order valence-corrected chi connectivity index (χ3v) is 5.12. The maximum Gasteiger partial charge on any atom is 0.179 e. The number of rotatable bonds is 3. The molecule has 1 heterocycles. The lowest BCUT2D eigenvalue weighted by molar-refractivity contribution is 0.562. The van der Waals surface area contributed by atoms with Crippen LogP contribution in [0, 0.1) is 5.82 Å². The summed E-state index contributed by atoms with van der Waals surface area (Å²) in [4.78, 5) is -0.259. The summed E-state index contributed by atoms with van der Waals surface area (Å²) in [6, 6.07) is 3.38. The minimum atomic E-state index is -3.55. The zero-order chi connectivity index (χ0) is 13.3. The molecular formula is C12H15BrFNO2S. The molecule has 0 aromatic heterocycles. The van der Waals surface area contributed by atoms with Gasteiger partial charge in [-0.05, 0) is 59.4 Å². The predicted molar refractivity (Wildman–Crippen MR) is 71.9 cm³/mol. The minimum Gasteiger partial charge on any atom is -0.314 e. The Kier molecular flexibility index (Phi) is 4.08. The van der Waals surface area contributed by atoms with E-state index in [1.807, 2.05) is 0 Å². The zero-order valence-corrected chi connectivity index (χ0v) is 12.4. The quantitative estimate of drug-likeness (QED) is 0.921. The molecule has 6 heteroatoms. The van der Waals surface area contributed by atoms with E-state index < -0.39 is 15.7 Å². The number of sulfone groups is 1. The van der Waals surface area contributed by atoms with Crippen LogP contribution in [0.25, 0.3) is 0 Å². The van der Waals surface area contributed by atoms with Gasteiger partial charge in [0.15, 0.2) is 9.84 Å². The Morgan fingerprint density at radius 1 is 1.50 bits per heavy atom. The Bertz CT molecular complexity index is 530. The van der Waals surface area contributed by atoms with Crippen molar-refractivity contribution >= 4 is 25.8 Å². The summed E-state index contributed by atoms with van der Waals surface area (Å²) in [6.45, 7) is 0.996. The molecule has 1 aliphatic heterocycles. The third-order valence-electron chi connectivity index (χ3n) is 3.07. The van der Waals surface area contributed by atoms with Crippen LogP contribution in [-0.2, 0) is 16.3 Å². The first-order chi connectivity index (χ1) is 8.38. The first-order valence-corrected chi connectivity index (χ1v) is 8.48. The molecule has 0 radical (unpaired) electrons. The lowest BCUT2D eigenvalue weighted by Crippen LogP contribution is -2.23. The molecule has 1 aromatic rings. The van der Waals surface area contributed by atoms with E-state index in [9.17, 15) is 12.8 Å². The van der Waals surface area contributed by atoms with Gasteiger partial charge in [-0.25, -0.2) is 12.8 Å². The van der Waals surface area contributed by atoms with Crippen LogP contribution < -0.4 is 5.32 Å². The van der Waals surface area contributed by atoms with Crippen LogP contribution in [0.15, 0.2) is 21.5 Å². The van der Waals surface area contributed by atoms with E-state index in [1.165, 1.54) is 6.07 Å². The van der Waals surface area contributed by atoms with E-state index >= 15 is 0 Å². The Hall–Kier alpha value is -0.460. The molecule has 1 aliphatic rings. The summed E-state index contributed by atoms with van der Waals surface area (Å²) in [6.07, 6.45) is 3.94. The SMILES string of the molecule is CS(=O)(=O)c1c(F)cc(CC2CCCN2)cc1Br. The molecule has 1 saturated heterocycles. The molecule has 1 unspecified atom stereocenters. The van der Waals surface area contributed by atoms with Crippen molar-refractivity contribution in [1.82, 2.24) is 5.32 Å². The molecule has 2 rings (SSSR count). The molecule has 0 saturated carbocycles. The molecular weight excluding hydrogens is 321 g/mol. The molecule has 1 aromatic carbocycles. The lowest BCUT2D eigenvalue weighted by Gasteiger charge is -2.12. The first kappa shape index (κ1) is 14.0. The number of benzene rings is 1. The van der Waals surface area contributed by atoms with Gasteiger partial charge < -0.3 is 5.32 Å². The number of hydrogen-bond donors (Lipinski definition) is 1. The Morgan fingerprint density at radius 3 is 2.72 bits per heavy atom. The van der Waals surface area contributed by atoms with Gasteiger partial charge in [-0.15, -0.1) is 0 Å². The minimum absolute atomic E-state index is 0.259. The Balaban J connectivity index is 2.30. The smallest absolute Gasteiger partial charge is 0.179 e. The van der Waals surface area contributed by atoms with Crippen LogP contribution >= 0.6 is 15.9 Å². The maximum absolute atomic E-state index is 13.9. The van der Waals surface area contributed by atoms with Gasteiger partial charge in [0.2, 0.25) is 0 Å². The Labute approximate surface area is 115 Å². The molecule has 0 spiro atoms. The van der Waals surface area contributed by atoms with Crippen molar-refractivity contribution in [2.75, 3.05) is 12.8 Å². The zero-order valence-electron chi connectivity index (χ0n) is 10.0. The molecule has 1 N–H and O–H groups in total.